The van der Waals surface area contributed by atoms with Crippen LogP contribution in [0.15, 0.2) is 12.7 Å². The number of nitrogens with zero attached hydrogens (tertiary/aromatic N) is 2. The van der Waals surface area contributed by atoms with Gasteiger partial charge in [-0.3, -0.25) is 15.1 Å². The molecular weight excluding hydrogens is 186 g/mol. The number of hydrogen-bond donors (Lipinski definition) is 1. The van der Waals surface area contributed by atoms with Crippen LogP contribution in [0.5, 0.6) is 0 Å². The highest BCUT2D eigenvalue weighted by molar-refractivity contribution is 4.84. The molecule has 0 aromatic heterocycles. The van der Waals surface area contributed by atoms with Crippen LogP contribution < -0.4 is 5.32 Å². The summed E-state index contributed by atoms with van der Waals surface area (Å²) in [5, 5.41) is 3.63. The zero-order chi connectivity index (χ0) is 10.5. The van der Waals surface area contributed by atoms with Crippen molar-refractivity contribution >= 4 is 0 Å². The minimum absolute atomic E-state index is 0.582. The number of hydrogen-bond acceptors (Lipinski definition) is 3. The topological polar surface area (TPSA) is 18.5 Å². The predicted octanol–water partition coefficient (Wildman–Crippen LogP) is 0.890. The van der Waals surface area contributed by atoms with Crippen molar-refractivity contribution in [3.8, 4) is 0 Å². The van der Waals surface area contributed by atoms with Gasteiger partial charge in [0.05, 0.1) is 6.17 Å². The summed E-state index contributed by atoms with van der Waals surface area (Å²) in [4.78, 5) is 5.10. The SMILES string of the molecule is C=CCN1CCNC(N2CCCCC2)C1. The minimum Gasteiger partial charge on any atom is -0.299 e. The fraction of sp³-hybridized carbons (Fsp3) is 0.833. The molecule has 2 rings (SSSR count). The largest absolute Gasteiger partial charge is 0.299 e. The maximum Gasteiger partial charge on any atom is 0.0728 e. The Kier molecular flexibility index (Phi) is 4.18. The number of piperidine rings is 1. The van der Waals surface area contributed by atoms with Crippen molar-refractivity contribution in [2.45, 2.75) is 25.4 Å². The summed E-state index contributed by atoms with van der Waals surface area (Å²) in [6.45, 7) is 10.8. The van der Waals surface area contributed by atoms with Crippen LogP contribution in [0.25, 0.3) is 0 Å². The standard InChI is InChI=1S/C12H23N3/c1-2-7-14-10-6-13-12(11-14)15-8-4-3-5-9-15/h2,12-13H,1,3-11H2. The second kappa shape index (κ2) is 5.64. The van der Waals surface area contributed by atoms with E-state index in [4.69, 9.17) is 0 Å². The Morgan fingerprint density at radius 1 is 1.20 bits per heavy atom. The first kappa shape index (κ1) is 11.1. The average molecular weight is 209 g/mol. The lowest BCUT2D eigenvalue weighted by Gasteiger charge is -2.41. The van der Waals surface area contributed by atoms with E-state index in [1.807, 2.05) is 6.08 Å². The molecule has 1 N–H and O–H groups in total. The van der Waals surface area contributed by atoms with Crippen LogP contribution >= 0.6 is 0 Å². The molecule has 1 atom stereocenters. The summed E-state index contributed by atoms with van der Waals surface area (Å²) in [6, 6.07) is 0. The predicted molar refractivity (Wildman–Crippen MR) is 63.9 cm³/mol. The third-order valence-electron chi connectivity index (χ3n) is 3.46. The molecule has 2 aliphatic heterocycles. The van der Waals surface area contributed by atoms with Crippen LogP contribution in [0, 0.1) is 0 Å². The van der Waals surface area contributed by atoms with E-state index < -0.39 is 0 Å². The Balaban J connectivity index is 1.82. The van der Waals surface area contributed by atoms with E-state index in [0.717, 1.165) is 26.2 Å². The lowest BCUT2D eigenvalue weighted by Crippen LogP contribution is -2.59. The summed E-state index contributed by atoms with van der Waals surface area (Å²) in [5.41, 5.74) is 0. The van der Waals surface area contributed by atoms with Crippen molar-refractivity contribution in [2.75, 3.05) is 39.3 Å². The Morgan fingerprint density at radius 2 is 2.00 bits per heavy atom. The maximum atomic E-state index is 3.82. The molecule has 3 nitrogen and oxygen atoms in total. The zero-order valence-electron chi connectivity index (χ0n) is 9.62. The third kappa shape index (κ3) is 3.03. The van der Waals surface area contributed by atoms with Gasteiger partial charge in [0.25, 0.3) is 0 Å². The van der Waals surface area contributed by atoms with E-state index in [1.165, 1.54) is 32.4 Å². The monoisotopic (exact) mass is 209 g/mol. The molecule has 0 aromatic carbocycles. The minimum atomic E-state index is 0.582. The van der Waals surface area contributed by atoms with Crippen LogP contribution in [-0.2, 0) is 0 Å². The first-order chi connectivity index (χ1) is 7.40. The molecule has 0 spiro atoms. The number of rotatable bonds is 3. The van der Waals surface area contributed by atoms with E-state index >= 15 is 0 Å². The van der Waals surface area contributed by atoms with Gasteiger partial charge in [0, 0.05) is 26.2 Å². The molecule has 2 heterocycles. The molecule has 1 unspecified atom stereocenters. The number of likely N-dealkylation sites (tertiary alicyclic amines) is 1. The third-order valence-corrected chi connectivity index (χ3v) is 3.46. The first-order valence-electron chi connectivity index (χ1n) is 6.21. The lowest BCUT2D eigenvalue weighted by molar-refractivity contribution is 0.0747. The van der Waals surface area contributed by atoms with Crippen LogP contribution in [0.3, 0.4) is 0 Å². The lowest BCUT2D eigenvalue weighted by atomic mass is 10.1. The zero-order valence-corrected chi connectivity index (χ0v) is 9.62. The van der Waals surface area contributed by atoms with Crippen LogP contribution in [-0.4, -0.2) is 55.2 Å². The molecule has 86 valence electrons. The molecule has 0 aliphatic carbocycles. The Labute approximate surface area is 93.1 Å². The molecule has 15 heavy (non-hydrogen) atoms. The first-order valence-corrected chi connectivity index (χ1v) is 6.21. The van der Waals surface area contributed by atoms with Gasteiger partial charge in [0.1, 0.15) is 0 Å². The van der Waals surface area contributed by atoms with E-state index in [0.29, 0.717) is 6.17 Å². The summed E-state index contributed by atoms with van der Waals surface area (Å²) >= 11 is 0. The normalized spacial score (nSPS) is 30.3. The van der Waals surface area contributed by atoms with Crippen molar-refractivity contribution in [2.24, 2.45) is 0 Å². The fourth-order valence-electron chi connectivity index (χ4n) is 2.61. The van der Waals surface area contributed by atoms with Gasteiger partial charge in [-0.25, -0.2) is 0 Å². The molecule has 0 saturated carbocycles. The van der Waals surface area contributed by atoms with Crippen molar-refractivity contribution in [1.29, 1.82) is 0 Å². The quantitative estimate of drug-likeness (QED) is 0.696. The van der Waals surface area contributed by atoms with Gasteiger partial charge in [-0.05, 0) is 25.9 Å². The second-order valence-corrected chi connectivity index (χ2v) is 4.61. The Hall–Kier alpha value is -0.380. The van der Waals surface area contributed by atoms with Crippen molar-refractivity contribution < 1.29 is 0 Å². The molecule has 0 aromatic rings. The maximum absolute atomic E-state index is 3.82. The van der Waals surface area contributed by atoms with Gasteiger partial charge in [0.15, 0.2) is 0 Å². The molecule has 2 fully saturated rings. The van der Waals surface area contributed by atoms with Crippen LogP contribution in [0.4, 0.5) is 0 Å². The smallest absolute Gasteiger partial charge is 0.0728 e. The molecule has 2 aliphatic rings. The molecule has 2 saturated heterocycles. The van der Waals surface area contributed by atoms with Crippen molar-refractivity contribution in [1.82, 2.24) is 15.1 Å². The summed E-state index contributed by atoms with van der Waals surface area (Å²) in [7, 11) is 0. The average Bonchev–Trinajstić information content (AvgIpc) is 2.31. The second-order valence-electron chi connectivity index (χ2n) is 4.61. The molecular formula is C12H23N3. The summed E-state index contributed by atoms with van der Waals surface area (Å²) < 4.78 is 0. The van der Waals surface area contributed by atoms with E-state index in [1.54, 1.807) is 0 Å². The van der Waals surface area contributed by atoms with E-state index in [9.17, 15) is 0 Å². The van der Waals surface area contributed by atoms with E-state index in [-0.39, 0.29) is 0 Å². The Morgan fingerprint density at radius 3 is 2.73 bits per heavy atom. The van der Waals surface area contributed by atoms with Gasteiger partial charge >= 0.3 is 0 Å². The van der Waals surface area contributed by atoms with Crippen molar-refractivity contribution in [3.05, 3.63) is 12.7 Å². The van der Waals surface area contributed by atoms with Gasteiger partial charge in [-0.15, -0.1) is 6.58 Å². The highest BCUT2D eigenvalue weighted by Gasteiger charge is 2.24. The highest BCUT2D eigenvalue weighted by Crippen LogP contribution is 2.13. The van der Waals surface area contributed by atoms with Gasteiger partial charge in [-0.2, -0.15) is 0 Å². The molecule has 3 heteroatoms. The molecule has 0 amide bonds. The van der Waals surface area contributed by atoms with Crippen molar-refractivity contribution in [3.63, 3.8) is 0 Å². The number of piperazine rings is 1. The van der Waals surface area contributed by atoms with Crippen LogP contribution in [0.2, 0.25) is 0 Å². The highest BCUT2D eigenvalue weighted by atomic mass is 15.3. The Bertz CT molecular complexity index is 199. The van der Waals surface area contributed by atoms with Gasteiger partial charge in [0.2, 0.25) is 0 Å². The van der Waals surface area contributed by atoms with Crippen LogP contribution in [0.1, 0.15) is 19.3 Å². The van der Waals surface area contributed by atoms with Gasteiger partial charge < -0.3 is 0 Å². The fourth-order valence-corrected chi connectivity index (χ4v) is 2.61. The molecule has 0 bridgehead atoms. The summed E-state index contributed by atoms with van der Waals surface area (Å²) in [5.74, 6) is 0. The van der Waals surface area contributed by atoms with Gasteiger partial charge in [-0.1, -0.05) is 12.5 Å². The number of nitrogens with one attached hydrogen (secondary N) is 1. The summed E-state index contributed by atoms with van der Waals surface area (Å²) in [6.07, 6.45) is 6.76. The van der Waals surface area contributed by atoms with E-state index in [2.05, 4.69) is 21.7 Å². The molecule has 0 radical (unpaired) electrons.